The highest BCUT2D eigenvalue weighted by molar-refractivity contribution is 6.09. The number of pyridine rings is 1. The van der Waals surface area contributed by atoms with Gasteiger partial charge in [0.25, 0.3) is 5.91 Å². The zero-order valence-corrected chi connectivity index (χ0v) is 20.5. The van der Waals surface area contributed by atoms with Crippen molar-refractivity contribution in [3.8, 4) is 0 Å². The Balaban J connectivity index is 1.54. The Morgan fingerprint density at radius 1 is 1.10 bits per heavy atom. The predicted molar refractivity (Wildman–Crippen MR) is 134 cm³/mol. The maximum Gasteiger partial charge on any atom is 0.449 e. The summed E-state index contributed by atoms with van der Waals surface area (Å²) in [5.41, 5.74) is 0.943. The van der Waals surface area contributed by atoms with E-state index in [1.807, 2.05) is 0 Å². The van der Waals surface area contributed by atoms with E-state index in [1.54, 1.807) is 24.3 Å². The topological polar surface area (TPSA) is 117 Å². The molecule has 9 nitrogen and oxygen atoms in total. The monoisotopic (exact) mass is 552 g/mol. The number of carbonyl (C=O) groups is 2. The van der Waals surface area contributed by atoms with Crippen LogP contribution in [-0.2, 0) is 17.4 Å². The van der Waals surface area contributed by atoms with E-state index in [4.69, 9.17) is 4.42 Å². The van der Waals surface area contributed by atoms with Gasteiger partial charge in [0.2, 0.25) is 11.7 Å². The number of H-pyrrole nitrogens is 1. The first-order valence-corrected chi connectivity index (χ1v) is 11.9. The lowest BCUT2D eigenvalue weighted by Gasteiger charge is -2.30. The Kier molecular flexibility index (Phi) is 7.27. The van der Waals surface area contributed by atoms with Crippen LogP contribution in [0.2, 0.25) is 0 Å². The minimum atomic E-state index is -4.71. The molecule has 3 heterocycles. The molecule has 1 unspecified atom stereocenters. The van der Waals surface area contributed by atoms with Crippen LogP contribution < -0.4 is 10.2 Å². The Morgan fingerprint density at radius 3 is 2.65 bits per heavy atom. The SMILES string of the molecule is O=C(NCCc1cccc(F)c1)C(c1cccnc1)N(C(=O)c1cocn1)c1ccc2nc(C(F)(F)F)[nH]c2c1. The van der Waals surface area contributed by atoms with Gasteiger partial charge in [-0.3, -0.25) is 19.5 Å². The van der Waals surface area contributed by atoms with Crippen LogP contribution in [0.15, 0.2) is 84.1 Å². The van der Waals surface area contributed by atoms with Gasteiger partial charge in [-0.15, -0.1) is 0 Å². The lowest BCUT2D eigenvalue weighted by Crippen LogP contribution is -2.44. The highest BCUT2D eigenvalue weighted by atomic mass is 19.4. The first-order valence-electron chi connectivity index (χ1n) is 11.9. The molecular formula is C27H20F4N6O3. The molecule has 0 spiro atoms. The number of rotatable bonds is 8. The number of imidazole rings is 1. The fourth-order valence-electron chi connectivity index (χ4n) is 4.18. The number of carbonyl (C=O) groups excluding carboxylic acids is 2. The second-order valence-corrected chi connectivity index (χ2v) is 8.69. The number of fused-ring (bicyclic) bond motifs is 1. The van der Waals surface area contributed by atoms with Crippen molar-refractivity contribution in [3.05, 3.63) is 108 Å². The number of benzene rings is 2. The largest absolute Gasteiger partial charge is 0.451 e. The van der Waals surface area contributed by atoms with Crippen molar-refractivity contribution >= 4 is 28.5 Å². The molecule has 0 aliphatic heterocycles. The van der Waals surface area contributed by atoms with Gasteiger partial charge in [-0.1, -0.05) is 18.2 Å². The summed E-state index contributed by atoms with van der Waals surface area (Å²) >= 11 is 0. The molecule has 5 aromatic rings. The Labute approximate surface area is 223 Å². The first kappa shape index (κ1) is 26.5. The minimum absolute atomic E-state index is 0.000716. The first-order chi connectivity index (χ1) is 19.2. The smallest absolute Gasteiger partial charge is 0.449 e. The molecular weight excluding hydrogens is 532 g/mol. The van der Waals surface area contributed by atoms with E-state index in [2.05, 4.69) is 25.3 Å². The van der Waals surface area contributed by atoms with Crippen LogP contribution in [0.1, 0.15) is 33.5 Å². The third-order valence-electron chi connectivity index (χ3n) is 5.99. The molecule has 2 amide bonds. The van der Waals surface area contributed by atoms with Crippen LogP contribution in [0.3, 0.4) is 0 Å². The predicted octanol–water partition coefficient (Wildman–Crippen LogP) is 4.85. The molecule has 2 aromatic carbocycles. The maximum atomic E-state index is 13.7. The number of aromatic amines is 1. The molecule has 3 aromatic heterocycles. The lowest BCUT2D eigenvalue weighted by atomic mass is 10.0. The zero-order chi connectivity index (χ0) is 28.3. The molecule has 0 saturated carbocycles. The molecule has 13 heteroatoms. The third kappa shape index (κ3) is 5.67. The van der Waals surface area contributed by atoms with Gasteiger partial charge in [0.15, 0.2) is 12.1 Å². The zero-order valence-electron chi connectivity index (χ0n) is 20.5. The number of anilines is 1. The van der Waals surface area contributed by atoms with Crippen LogP contribution in [0.4, 0.5) is 23.2 Å². The summed E-state index contributed by atoms with van der Waals surface area (Å²) in [5.74, 6) is -2.98. The van der Waals surface area contributed by atoms with Crippen molar-refractivity contribution in [2.45, 2.75) is 18.6 Å². The molecule has 204 valence electrons. The summed E-state index contributed by atoms with van der Waals surface area (Å²) in [5, 5.41) is 2.76. The second-order valence-electron chi connectivity index (χ2n) is 8.69. The number of aromatic nitrogens is 4. The summed E-state index contributed by atoms with van der Waals surface area (Å²) in [7, 11) is 0. The molecule has 0 bridgehead atoms. The van der Waals surface area contributed by atoms with Gasteiger partial charge in [-0.25, -0.2) is 14.4 Å². The van der Waals surface area contributed by atoms with Crippen LogP contribution in [0.25, 0.3) is 11.0 Å². The van der Waals surface area contributed by atoms with Gasteiger partial charge in [0, 0.05) is 30.2 Å². The van der Waals surface area contributed by atoms with E-state index >= 15 is 0 Å². The maximum absolute atomic E-state index is 13.7. The van der Waals surface area contributed by atoms with Gasteiger partial charge in [-0.05, 0) is 48.4 Å². The summed E-state index contributed by atoms with van der Waals surface area (Å²) in [6.07, 6.45) is 0.610. The fourth-order valence-corrected chi connectivity index (χ4v) is 4.18. The van der Waals surface area contributed by atoms with Crippen LogP contribution in [-0.4, -0.2) is 38.3 Å². The number of oxazole rings is 1. The highest BCUT2D eigenvalue weighted by Gasteiger charge is 2.37. The van der Waals surface area contributed by atoms with Crippen molar-refractivity contribution < 1.29 is 31.6 Å². The van der Waals surface area contributed by atoms with Gasteiger partial charge in [0.1, 0.15) is 18.1 Å². The number of hydrogen-bond donors (Lipinski definition) is 2. The molecule has 0 fully saturated rings. The van der Waals surface area contributed by atoms with E-state index in [9.17, 15) is 27.2 Å². The molecule has 40 heavy (non-hydrogen) atoms. The Morgan fingerprint density at radius 2 is 1.95 bits per heavy atom. The van der Waals surface area contributed by atoms with Gasteiger partial charge >= 0.3 is 6.18 Å². The van der Waals surface area contributed by atoms with E-state index in [1.165, 1.54) is 42.7 Å². The Hall–Kier alpha value is -5.07. The van der Waals surface area contributed by atoms with Gasteiger partial charge < -0.3 is 14.7 Å². The molecule has 0 saturated heterocycles. The fraction of sp³-hybridized carbons (Fsp3) is 0.148. The van der Waals surface area contributed by atoms with Gasteiger partial charge in [-0.2, -0.15) is 13.2 Å². The van der Waals surface area contributed by atoms with Crippen LogP contribution >= 0.6 is 0 Å². The second kappa shape index (κ2) is 11.0. The minimum Gasteiger partial charge on any atom is -0.451 e. The summed E-state index contributed by atoms with van der Waals surface area (Å²) in [6.45, 7) is 0.111. The normalized spacial score (nSPS) is 12.3. The van der Waals surface area contributed by atoms with Crippen molar-refractivity contribution in [2.75, 3.05) is 11.4 Å². The standard InChI is InChI=1S/C27H20F4N6O3/c28-18-5-1-3-16(11-18)8-10-33-24(38)23(17-4-2-9-32-13-17)37(25(39)22-14-40-15-34-22)19-6-7-20-21(12-19)36-26(35-20)27(29,30)31/h1-7,9,11-15,23H,8,10H2,(H,33,38)(H,35,36). The molecule has 0 aliphatic carbocycles. The highest BCUT2D eigenvalue weighted by Crippen LogP contribution is 2.33. The molecule has 1 atom stereocenters. The number of nitrogens with one attached hydrogen (secondary N) is 2. The van der Waals surface area contributed by atoms with E-state index in [0.717, 1.165) is 17.6 Å². The number of alkyl halides is 3. The molecule has 5 rings (SSSR count). The molecule has 2 N–H and O–H groups in total. The van der Waals surface area contributed by atoms with E-state index in [0.29, 0.717) is 17.5 Å². The van der Waals surface area contributed by atoms with Crippen LogP contribution in [0.5, 0.6) is 0 Å². The number of halogens is 4. The van der Waals surface area contributed by atoms with Crippen molar-refractivity contribution in [3.63, 3.8) is 0 Å². The van der Waals surface area contributed by atoms with Crippen molar-refractivity contribution in [2.24, 2.45) is 0 Å². The number of nitrogens with zero attached hydrogens (tertiary/aromatic N) is 4. The average Bonchev–Trinajstić information content (AvgIpc) is 3.62. The molecule has 0 radical (unpaired) electrons. The van der Waals surface area contributed by atoms with E-state index < -0.39 is 35.7 Å². The quantitative estimate of drug-likeness (QED) is 0.266. The number of amides is 2. The van der Waals surface area contributed by atoms with E-state index in [-0.39, 0.29) is 29.0 Å². The lowest BCUT2D eigenvalue weighted by molar-refractivity contribution is -0.144. The van der Waals surface area contributed by atoms with Crippen LogP contribution in [0, 0.1) is 5.82 Å². The van der Waals surface area contributed by atoms with Crippen molar-refractivity contribution in [1.82, 2.24) is 25.3 Å². The summed E-state index contributed by atoms with van der Waals surface area (Å²) in [4.78, 5) is 42.2. The third-order valence-corrected chi connectivity index (χ3v) is 5.99. The average molecular weight is 552 g/mol. The summed E-state index contributed by atoms with van der Waals surface area (Å²) in [6, 6.07) is 11.8. The van der Waals surface area contributed by atoms with Gasteiger partial charge in [0.05, 0.1) is 11.0 Å². The Bertz CT molecular complexity index is 1640. The number of hydrogen-bond acceptors (Lipinski definition) is 6. The molecule has 0 aliphatic rings. The van der Waals surface area contributed by atoms with Crippen molar-refractivity contribution in [1.29, 1.82) is 0 Å². The summed E-state index contributed by atoms with van der Waals surface area (Å²) < 4.78 is 58.3.